The monoisotopic (exact) mass is 512 g/mol. The zero-order valence-electron chi connectivity index (χ0n) is 20.5. The standard InChI is InChI=1S/C25H30ClFN8O/c1-16-10-22(26)31-24(30-16)6-4-3-5-8-34-9-7-17(34)15-36-21-13-29-33(2)25(21)19-11-18-12-23(28)32-35(18)14-20(19)27/h10-14,17H,3-9,15H2,1-2H3,(H2,28,32)/t17-/m1/s1. The van der Waals surface area contributed by atoms with Crippen LogP contribution in [-0.2, 0) is 13.5 Å². The molecule has 0 aliphatic carbocycles. The summed E-state index contributed by atoms with van der Waals surface area (Å²) in [7, 11) is 1.78. The van der Waals surface area contributed by atoms with E-state index in [1.54, 1.807) is 36.1 Å². The van der Waals surface area contributed by atoms with Gasteiger partial charge >= 0.3 is 0 Å². The van der Waals surface area contributed by atoms with E-state index in [0.29, 0.717) is 46.1 Å². The zero-order valence-corrected chi connectivity index (χ0v) is 21.2. The van der Waals surface area contributed by atoms with Crippen molar-refractivity contribution < 1.29 is 9.13 Å². The summed E-state index contributed by atoms with van der Waals surface area (Å²) < 4.78 is 24.1. The molecule has 1 saturated heterocycles. The van der Waals surface area contributed by atoms with Crippen LogP contribution in [0.5, 0.6) is 5.75 Å². The Hall–Kier alpha value is -3.24. The van der Waals surface area contributed by atoms with Crippen molar-refractivity contribution in [3.8, 4) is 17.0 Å². The Morgan fingerprint density at radius 2 is 2.06 bits per heavy atom. The quantitative estimate of drug-likeness (QED) is 0.252. The average Bonchev–Trinajstić information content (AvgIpc) is 3.34. The van der Waals surface area contributed by atoms with E-state index in [1.165, 1.54) is 10.7 Å². The van der Waals surface area contributed by atoms with Gasteiger partial charge in [-0.1, -0.05) is 18.0 Å². The first-order chi connectivity index (χ1) is 17.4. The van der Waals surface area contributed by atoms with Crippen molar-refractivity contribution in [3.63, 3.8) is 0 Å². The second-order valence-corrected chi connectivity index (χ2v) is 9.69. The number of fused-ring (bicyclic) bond motifs is 1. The number of hydrogen-bond donors (Lipinski definition) is 1. The smallest absolute Gasteiger partial charge is 0.165 e. The van der Waals surface area contributed by atoms with E-state index in [0.717, 1.165) is 56.7 Å². The number of unbranched alkanes of at least 4 members (excludes halogenated alkanes) is 2. The lowest BCUT2D eigenvalue weighted by atomic mass is 10.0. The number of halogens is 2. The van der Waals surface area contributed by atoms with Crippen LogP contribution in [-0.4, -0.2) is 60.0 Å². The summed E-state index contributed by atoms with van der Waals surface area (Å²) in [5.41, 5.74) is 8.37. The Kier molecular flexibility index (Phi) is 7.06. The molecular weight excluding hydrogens is 483 g/mol. The highest BCUT2D eigenvalue weighted by Gasteiger charge is 2.28. The number of ether oxygens (including phenoxy) is 1. The molecule has 36 heavy (non-hydrogen) atoms. The predicted octanol–water partition coefficient (Wildman–Crippen LogP) is 4.07. The summed E-state index contributed by atoms with van der Waals surface area (Å²) in [6.07, 6.45) is 8.14. The largest absolute Gasteiger partial charge is 0.488 e. The van der Waals surface area contributed by atoms with Crippen LogP contribution in [0.4, 0.5) is 10.2 Å². The van der Waals surface area contributed by atoms with Crippen LogP contribution < -0.4 is 10.5 Å². The molecule has 11 heteroatoms. The van der Waals surface area contributed by atoms with Gasteiger partial charge in [-0.05, 0) is 44.9 Å². The Balaban J connectivity index is 1.13. The van der Waals surface area contributed by atoms with Crippen LogP contribution in [0.3, 0.4) is 0 Å². The third-order valence-electron chi connectivity index (χ3n) is 6.64. The SMILES string of the molecule is Cc1cc(Cl)nc(CCCCCN2CC[C@@H]2COc2cnn(C)c2-c2cc3cc(N)nn3cc2F)n1. The summed E-state index contributed by atoms with van der Waals surface area (Å²) in [4.78, 5) is 11.2. The average molecular weight is 513 g/mol. The molecule has 1 aliphatic rings. The molecule has 0 spiro atoms. The van der Waals surface area contributed by atoms with Crippen molar-refractivity contribution in [2.45, 2.75) is 45.1 Å². The van der Waals surface area contributed by atoms with Gasteiger partial charge in [0.25, 0.3) is 0 Å². The second kappa shape index (κ2) is 10.4. The third kappa shape index (κ3) is 5.29. The van der Waals surface area contributed by atoms with Gasteiger partial charge in [-0.3, -0.25) is 9.58 Å². The molecule has 0 saturated carbocycles. The highest BCUT2D eigenvalue weighted by atomic mass is 35.5. The number of hydrogen-bond acceptors (Lipinski definition) is 7. The Bertz CT molecular complexity index is 1350. The molecule has 190 valence electrons. The number of nitrogens with zero attached hydrogens (tertiary/aromatic N) is 7. The van der Waals surface area contributed by atoms with Crippen LogP contribution in [0.1, 0.15) is 37.2 Å². The van der Waals surface area contributed by atoms with Gasteiger partial charge in [0.1, 0.15) is 29.1 Å². The summed E-state index contributed by atoms with van der Waals surface area (Å²) in [5, 5.41) is 8.89. The van der Waals surface area contributed by atoms with E-state index < -0.39 is 5.82 Å². The van der Waals surface area contributed by atoms with Gasteiger partial charge in [-0.15, -0.1) is 0 Å². The Morgan fingerprint density at radius 3 is 2.83 bits per heavy atom. The van der Waals surface area contributed by atoms with E-state index in [9.17, 15) is 4.39 Å². The normalized spacial score (nSPS) is 15.9. The van der Waals surface area contributed by atoms with Crippen LogP contribution >= 0.6 is 11.6 Å². The molecule has 2 N–H and O–H groups in total. The number of likely N-dealkylation sites (tertiary alicyclic amines) is 1. The second-order valence-electron chi connectivity index (χ2n) is 9.30. The minimum atomic E-state index is -0.414. The van der Waals surface area contributed by atoms with Gasteiger partial charge in [0.05, 0.1) is 17.9 Å². The third-order valence-corrected chi connectivity index (χ3v) is 6.83. The number of nitrogens with two attached hydrogens (primary N) is 1. The molecule has 0 unspecified atom stereocenters. The van der Waals surface area contributed by atoms with Crippen molar-refractivity contribution in [1.82, 2.24) is 34.3 Å². The maximum absolute atomic E-state index is 14.9. The van der Waals surface area contributed by atoms with E-state index in [1.807, 2.05) is 6.92 Å². The first kappa shape index (κ1) is 24.5. The lowest BCUT2D eigenvalue weighted by Crippen LogP contribution is -2.51. The fourth-order valence-electron chi connectivity index (χ4n) is 4.68. The van der Waals surface area contributed by atoms with Gasteiger partial charge in [-0.2, -0.15) is 10.2 Å². The highest BCUT2D eigenvalue weighted by Crippen LogP contribution is 2.33. The molecule has 1 fully saturated rings. The van der Waals surface area contributed by atoms with E-state index in [-0.39, 0.29) is 0 Å². The molecule has 0 radical (unpaired) electrons. The molecular formula is C25H30ClFN8O. The highest BCUT2D eigenvalue weighted by molar-refractivity contribution is 6.29. The molecule has 0 amide bonds. The van der Waals surface area contributed by atoms with Crippen LogP contribution in [0.25, 0.3) is 16.8 Å². The Labute approximate surface area is 214 Å². The van der Waals surface area contributed by atoms with Gasteiger partial charge in [0, 0.05) is 43.4 Å². The van der Waals surface area contributed by atoms with Crippen LogP contribution in [0, 0.1) is 12.7 Å². The molecule has 5 rings (SSSR count). The number of anilines is 1. The summed E-state index contributed by atoms with van der Waals surface area (Å²) in [6.45, 7) is 4.57. The van der Waals surface area contributed by atoms with Crippen molar-refractivity contribution in [3.05, 3.63) is 53.1 Å². The molecule has 9 nitrogen and oxygen atoms in total. The van der Waals surface area contributed by atoms with Crippen molar-refractivity contribution in [2.75, 3.05) is 25.4 Å². The molecule has 0 aromatic carbocycles. The maximum Gasteiger partial charge on any atom is 0.165 e. The lowest BCUT2D eigenvalue weighted by molar-refractivity contribution is 0.0494. The van der Waals surface area contributed by atoms with Gasteiger partial charge in [0.2, 0.25) is 0 Å². The molecule has 1 aliphatic heterocycles. The van der Waals surface area contributed by atoms with Crippen LogP contribution in [0.2, 0.25) is 5.15 Å². The first-order valence-corrected chi connectivity index (χ1v) is 12.6. The minimum Gasteiger partial charge on any atom is -0.488 e. The Morgan fingerprint density at radius 1 is 1.19 bits per heavy atom. The summed E-state index contributed by atoms with van der Waals surface area (Å²) in [5.74, 6) is 1.31. The van der Waals surface area contributed by atoms with Crippen molar-refractivity contribution >= 4 is 22.9 Å². The molecule has 1 atom stereocenters. The number of aryl methyl sites for hydroxylation is 3. The fourth-order valence-corrected chi connectivity index (χ4v) is 4.94. The molecule has 4 aromatic heterocycles. The number of rotatable bonds is 10. The van der Waals surface area contributed by atoms with Crippen LogP contribution in [0.15, 0.2) is 30.6 Å². The number of aromatic nitrogens is 6. The topological polar surface area (TPSA) is 99.4 Å². The molecule has 5 heterocycles. The van der Waals surface area contributed by atoms with E-state index >= 15 is 0 Å². The van der Waals surface area contributed by atoms with Crippen molar-refractivity contribution in [1.29, 1.82) is 0 Å². The van der Waals surface area contributed by atoms with Gasteiger partial charge in [0.15, 0.2) is 11.6 Å². The first-order valence-electron chi connectivity index (χ1n) is 12.2. The number of nitrogen functional groups attached to an aromatic ring is 1. The molecule has 4 aromatic rings. The summed E-state index contributed by atoms with van der Waals surface area (Å²) in [6, 6.07) is 5.54. The van der Waals surface area contributed by atoms with Crippen molar-refractivity contribution in [2.24, 2.45) is 7.05 Å². The van der Waals surface area contributed by atoms with Gasteiger partial charge in [-0.25, -0.2) is 18.9 Å². The minimum absolute atomic E-state index is 0.339. The predicted molar refractivity (Wildman–Crippen MR) is 137 cm³/mol. The summed E-state index contributed by atoms with van der Waals surface area (Å²) >= 11 is 6.02. The zero-order chi connectivity index (χ0) is 25.2. The van der Waals surface area contributed by atoms with E-state index in [2.05, 4.69) is 25.1 Å². The van der Waals surface area contributed by atoms with Gasteiger partial charge < -0.3 is 10.5 Å². The molecule has 0 bridgehead atoms. The fraction of sp³-hybridized carbons (Fsp3) is 0.440. The van der Waals surface area contributed by atoms with E-state index in [4.69, 9.17) is 22.1 Å². The number of pyridine rings is 1. The maximum atomic E-state index is 14.9. The lowest BCUT2D eigenvalue weighted by Gasteiger charge is -2.40.